The Kier molecular flexibility index (Phi) is 2.11. The molecule has 0 aromatic heterocycles. The van der Waals surface area contributed by atoms with E-state index in [1.54, 1.807) is 18.9 Å². The van der Waals surface area contributed by atoms with Crippen LogP contribution < -0.4 is 0 Å². The van der Waals surface area contributed by atoms with Crippen LogP contribution >= 0.6 is 11.8 Å². The van der Waals surface area contributed by atoms with Crippen LogP contribution in [-0.2, 0) is 4.74 Å². The maximum absolute atomic E-state index is 5.10. The lowest BCUT2D eigenvalue weighted by Crippen LogP contribution is -2.30. The minimum atomic E-state index is 0.511. The molecule has 2 aliphatic rings. The molecule has 66 valence electrons. The first-order valence-corrected chi connectivity index (χ1v) is 4.89. The molecule has 0 amide bonds. The van der Waals surface area contributed by atoms with Crippen molar-refractivity contribution in [1.82, 2.24) is 4.90 Å². The zero-order valence-electron chi connectivity index (χ0n) is 7.28. The molecule has 0 N–H and O–H groups in total. The number of rotatable bonds is 2. The van der Waals surface area contributed by atoms with Gasteiger partial charge in [0.2, 0.25) is 0 Å². The molecule has 0 aromatic carbocycles. The summed E-state index contributed by atoms with van der Waals surface area (Å²) in [5.74, 6) is 0. The summed E-state index contributed by atoms with van der Waals surface area (Å²) in [5, 5.41) is 3.26. The van der Waals surface area contributed by atoms with E-state index in [1.807, 2.05) is 0 Å². The Morgan fingerprint density at radius 3 is 3.42 bits per heavy atom. The fourth-order valence-corrected chi connectivity index (χ4v) is 2.47. The predicted octanol–water partition coefficient (Wildman–Crippen LogP) is 1.28. The number of hydrogen-bond acceptors (Lipinski definition) is 4. The molecule has 0 bridgehead atoms. The van der Waals surface area contributed by atoms with Gasteiger partial charge in [0.1, 0.15) is 0 Å². The first-order valence-electron chi connectivity index (χ1n) is 4.01. The van der Waals surface area contributed by atoms with Crippen LogP contribution in [0.2, 0.25) is 0 Å². The van der Waals surface area contributed by atoms with Crippen molar-refractivity contribution in [3.05, 3.63) is 11.1 Å². The fraction of sp³-hybridized carbons (Fsp3) is 0.625. The zero-order valence-corrected chi connectivity index (χ0v) is 8.10. The lowest BCUT2D eigenvalue weighted by Gasteiger charge is -2.21. The maximum atomic E-state index is 5.10. The second-order valence-corrected chi connectivity index (χ2v) is 3.84. The molecule has 2 heterocycles. The largest absolute Gasteiger partial charge is 0.378 e. The molecule has 0 aromatic rings. The quantitative estimate of drug-likeness (QED) is 0.646. The van der Waals surface area contributed by atoms with Gasteiger partial charge < -0.3 is 9.64 Å². The number of thioether (sulfide) groups is 1. The van der Waals surface area contributed by atoms with Crippen molar-refractivity contribution in [2.45, 2.75) is 13.0 Å². The minimum Gasteiger partial charge on any atom is -0.378 e. The molecule has 3 nitrogen and oxygen atoms in total. The van der Waals surface area contributed by atoms with Crippen molar-refractivity contribution >= 4 is 16.9 Å². The standard InChI is InChI=1S/C8H12N2OS/c1-6-3-9-8-10(6)7(4-11-2)5-12-8/h5-6H,3-4H2,1-2H3. The van der Waals surface area contributed by atoms with E-state index in [2.05, 4.69) is 22.2 Å². The van der Waals surface area contributed by atoms with Gasteiger partial charge in [0.05, 0.1) is 24.9 Å². The van der Waals surface area contributed by atoms with Crippen LogP contribution in [-0.4, -0.2) is 36.4 Å². The summed E-state index contributed by atoms with van der Waals surface area (Å²) in [5.41, 5.74) is 1.24. The number of aliphatic imine (C=N–C) groups is 1. The molecule has 1 unspecified atom stereocenters. The van der Waals surface area contributed by atoms with Crippen LogP contribution in [0.25, 0.3) is 0 Å². The summed E-state index contributed by atoms with van der Waals surface area (Å²) < 4.78 is 5.10. The van der Waals surface area contributed by atoms with E-state index in [9.17, 15) is 0 Å². The highest BCUT2D eigenvalue weighted by Crippen LogP contribution is 2.32. The number of hydrogen-bond donors (Lipinski definition) is 0. The summed E-state index contributed by atoms with van der Waals surface area (Å²) in [6.07, 6.45) is 0. The summed E-state index contributed by atoms with van der Waals surface area (Å²) in [4.78, 5) is 6.67. The molecule has 0 saturated carbocycles. The predicted molar refractivity (Wildman–Crippen MR) is 51.2 cm³/mol. The molecule has 0 fully saturated rings. The topological polar surface area (TPSA) is 24.8 Å². The van der Waals surface area contributed by atoms with E-state index in [1.165, 1.54) is 5.70 Å². The molecule has 0 saturated heterocycles. The van der Waals surface area contributed by atoms with Gasteiger partial charge in [0.15, 0.2) is 5.17 Å². The third-order valence-corrected chi connectivity index (χ3v) is 2.97. The third-order valence-electron chi connectivity index (χ3n) is 2.04. The van der Waals surface area contributed by atoms with Crippen LogP contribution in [0.1, 0.15) is 6.92 Å². The first kappa shape index (κ1) is 8.13. The van der Waals surface area contributed by atoms with E-state index >= 15 is 0 Å². The van der Waals surface area contributed by atoms with Crippen LogP contribution in [0.3, 0.4) is 0 Å². The average Bonchev–Trinajstić information content (AvgIpc) is 2.58. The van der Waals surface area contributed by atoms with E-state index in [-0.39, 0.29) is 0 Å². The van der Waals surface area contributed by atoms with E-state index in [4.69, 9.17) is 4.74 Å². The van der Waals surface area contributed by atoms with Crippen LogP contribution in [0.4, 0.5) is 0 Å². The van der Waals surface area contributed by atoms with Crippen molar-refractivity contribution in [3.8, 4) is 0 Å². The van der Waals surface area contributed by atoms with Crippen molar-refractivity contribution in [3.63, 3.8) is 0 Å². The summed E-state index contributed by atoms with van der Waals surface area (Å²) in [7, 11) is 1.72. The molecule has 0 spiro atoms. The van der Waals surface area contributed by atoms with Crippen molar-refractivity contribution in [1.29, 1.82) is 0 Å². The Morgan fingerprint density at radius 2 is 2.67 bits per heavy atom. The Balaban J connectivity index is 2.12. The second kappa shape index (κ2) is 3.11. The summed E-state index contributed by atoms with van der Waals surface area (Å²) >= 11 is 1.70. The number of ether oxygens (including phenoxy) is 1. The lowest BCUT2D eigenvalue weighted by atomic mass is 10.3. The highest BCUT2D eigenvalue weighted by molar-refractivity contribution is 8.16. The molecule has 4 heteroatoms. The Hall–Kier alpha value is -0.480. The average molecular weight is 184 g/mol. The maximum Gasteiger partial charge on any atom is 0.168 e. The van der Waals surface area contributed by atoms with Gasteiger partial charge in [-0.1, -0.05) is 11.8 Å². The zero-order chi connectivity index (χ0) is 8.55. The number of methoxy groups -OCH3 is 1. The molecule has 0 aliphatic carbocycles. The Bertz CT molecular complexity index is 249. The third kappa shape index (κ3) is 1.15. The van der Waals surface area contributed by atoms with Gasteiger partial charge in [-0.05, 0) is 6.92 Å². The number of fused-ring (bicyclic) bond motifs is 1. The van der Waals surface area contributed by atoms with Crippen molar-refractivity contribution in [2.24, 2.45) is 4.99 Å². The lowest BCUT2D eigenvalue weighted by molar-refractivity contribution is 0.203. The highest BCUT2D eigenvalue weighted by Gasteiger charge is 2.31. The van der Waals surface area contributed by atoms with Crippen LogP contribution in [0.15, 0.2) is 16.1 Å². The minimum absolute atomic E-state index is 0.511. The van der Waals surface area contributed by atoms with Gasteiger partial charge in [-0.2, -0.15) is 0 Å². The Morgan fingerprint density at radius 1 is 1.83 bits per heavy atom. The van der Waals surface area contributed by atoms with Gasteiger partial charge in [-0.3, -0.25) is 4.99 Å². The SMILES string of the molecule is COCC1=CSC2=NCC(C)N12. The fourth-order valence-electron chi connectivity index (χ4n) is 1.49. The second-order valence-electron chi connectivity index (χ2n) is 3.00. The Labute approximate surface area is 76.5 Å². The first-order chi connectivity index (χ1) is 5.83. The molecule has 1 atom stereocenters. The van der Waals surface area contributed by atoms with Crippen molar-refractivity contribution in [2.75, 3.05) is 20.3 Å². The van der Waals surface area contributed by atoms with E-state index in [0.717, 1.165) is 11.7 Å². The molecular formula is C8H12N2OS. The summed E-state index contributed by atoms with van der Waals surface area (Å²) in [6, 6.07) is 0.511. The van der Waals surface area contributed by atoms with Gasteiger partial charge >= 0.3 is 0 Å². The monoisotopic (exact) mass is 184 g/mol. The smallest absolute Gasteiger partial charge is 0.168 e. The number of nitrogens with zero attached hydrogens (tertiary/aromatic N) is 2. The molecule has 12 heavy (non-hydrogen) atoms. The van der Waals surface area contributed by atoms with Crippen molar-refractivity contribution < 1.29 is 4.74 Å². The normalized spacial score (nSPS) is 27.2. The van der Waals surface area contributed by atoms with Gasteiger partial charge in [-0.15, -0.1) is 0 Å². The van der Waals surface area contributed by atoms with Crippen LogP contribution in [0.5, 0.6) is 0 Å². The van der Waals surface area contributed by atoms with Gasteiger partial charge in [0.25, 0.3) is 0 Å². The highest BCUT2D eigenvalue weighted by atomic mass is 32.2. The molecular weight excluding hydrogens is 172 g/mol. The number of amidine groups is 1. The van der Waals surface area contributed by atoms with E-state index in [0.29, 0.717) is 12.6 Å². The van der Waals surface area contributed by atoms with E-state index < -0.39 is 0 Å². The van der Waals surface area contributed by atoms with Gasteiger partial charge in [-0.25, -0.2) is 0 Å². The molecule has 2 rings (SSSR count). The molecule has 2 aliphatic heterocycles. The van der Waals surface area contributed by atoms with Gasteiger partial charge in [0, 0.05) is 12.5 Å². The van der Waals surface area contributed by atoms with Crippen LogP contribution in [0, 0.1) is 0 Å². The molecule has 0 radical (unpaired) electrons. The summed E-state index contributed by atoms with van der Waals surface area (Å²) in [6.45, 7) is 3.80.